The van der Waals surface area contributed by atoms with Crippen LogP contribution in [-0.4, -0.2) is 23.0 Å². The van der Waals surface area contributed by atoms with Crippen LogP contribution < -0.4 is 15.6 Å². The number of rotatable bonds is 6. The van der Waals surface area contributed by atoms with E-state index in [4.69, 9.17) is 4.74 Å². The molecular weight excluding hydrogens is 433 g/mol. The zero-order valence-corrected chi connectivity index (χ0v) is 19.3. The first-order chi connectivity index (χ1) is 16.3. The van der Waals surface area contributed by atoms with Crippen LogP contribution in [0.15, 0.2) is 71.5 Å². The van der Waals surface area contributed by atoms with Gasteiger partial charge >= 0.3 is 6.03 Å². The number of benzene rings is 3. The molecule has 7 heteroatoms. The Bertz CT molecular complexity index is 1380. The van der Waals surface area contributed by atoms with Crippen molar-refractivity contribution >= 4 is 22.6 Å². The second-order valence-corrected chi connectivity index (χ2v) is 8.31. The Morgan fingerprint density at radius 3 is 2.38 bits per heavy atom. The Hall–Kier alpha value is -4.13. The summed E-state index contributed by atoms with van der Waals surface area (Å²) in [5, 5.41) is 3.79. The van der Waals surface area contributed by atoms with Gasteiger partial charge in [-0.1, -0.05) is 18.2 Å². The number of urea groups is 1. The number of pyridine rings is 1. The van der Waals surface area contributed by atoms with Gasteiger partial charge < -0.3 is 19.9 Å². The fourth-order valence-corrected chi connectivity index (χ4v) is 3.93. The van der Waals surface area contributed by atoms with Gasteiger partial charge in [0, 0.05) is 28.7 Å². The van der Waals surface area contributed by atoms with Crippen molar-refractivity contribution in [2.45, 2.75) is 26.9 Å². The fourth-order valence-electron chi connectivity index (χ4n) is 3.93. The van der Waals surface area contributed by atoms with Gasteiger partial charge in [0.2, 0.25) is 0 Å². The van der Waals surface area contributed by atoms with E-state index >= 15 is 0 Å². The highest BCUT2D eigenvalue weighted by molar-refractivity contribution is 5.89. The molecule has 0 aliphatic carbocycles. The summed E-state index contributed by atoms with van der Waals surface area (Å²) < 4.78 is 18.6. The predicted octanol–water partition coefficient (Wildman–Crippen LogP) is 5.53. The van der Waals surface area contributed by atoms with E-state index in [1.807, 2.05) is 26.0 Å². The van der Waals surface area contributed by atoms with Crippen LogP contribution in [0.3, 0.4) is 0 Å². The van der Waals surface area contributed by atoms with Crippen LogP contribution in [0.2, 0.25) is 0 Å². The number of methoxy groups -OCH3 is 1. The number of aromatic amines is 1. The number of carbonyl (C=O) groups is 1. The lowest BCUT2D eigenvalue weighted by atomic mass is 10.0. The van der Waals surface area contributed by atoms with E-state index in [9.17, 15) is 14.0 Å². The third-order valence-corrected chi connectivity index (χ3v) is 5.67. The molecule has 3 aromatic carbocycles. The van der Waals surface area contributed by atoms with Crippen molar-refractivity contribution in [3.8, 4) is 5.75 Å². The predicted molar refractivity (Wildman–Crippen MR) is 132 cm³/mol. The van der Waals surface area contributed by atoms with Crippen molar-refractivity contribution < 1.29 is 13.9 Å². The molecule has 34 heavy (non-hydrogen) atoms. The lowest BCUT2D eigenvalue weighted by Crippen LogP contribution is -2.35. The standard InChI is InChI=1S/C27H26FN3O3/c1-17-12-18(2)24-14-20(26(32)30-25(24)13-17)16-31(15-19-4-6-21(28)7-5-19)27(33)29-22-8-10-23(34-3)11-9-22/h4-14H,15-16H2,1-3H3,(H,29,33)(H,30,32). The molecule has 2 N–H and O–H groups in total. The monoisotopic (exact) mass is 459 g/mol. The molecule has 2 amide bonds. The van der Waals surface area contributed by atoms with Gasteiger partial charge in [0.05, 0.1) is 13.7 Å². The molecule has 6 nitrogen and oxygen atoms in total. The molecule has 0 saturated heterocycles. The molecule has 0 unspecified atom stereocenters. The van der Waals surface area contributed by atoms with Crippen LogP contribution in [-0.2, 0) is 13.1 Å². The highest BCUT2D eigenvalue weighted by Crippen LogP contribution is 2.21. The highest BCUT2D eigenvalue weighted by atomic mass is 19.1. The molecule has 0 atom stereocenters. The van der Waals surface area contributed by atoms with E-state index in [-0.39, 0.29) is 30.5 Å². The van der Waals surface area contributed by atoms with E-state index in [1.165, 1.54) is 17.0 Å². The molecule has 0 spiro atoms. The number of aromatic nitrogens is 1. The lowest BCUT2D eigenvalue weighted by molar-refractivity contribution is 0.206. The highest BCUT2D eigenvalue weighted by Gasteiger charge is 2.18. The number of nitrogens with zero attached hydrogens (tertiary/aromatic N) is 1. The fraction of sp³-hybridized carbons (Fsp3) is 0.185. The molecule has 174 valence electrons. The number of ether oxygens (including phenoxy) is 1. The summed E-state index contributed by atoms with van der Waals surface area (Å²) in [4.78, 5) is 30.6. The average Bonchev–Trinajstić information content (AvgIpc) is 2.81. The van der Waals surface area contributed by atoms with Crippen molar-refractivity contribution in [3.63, 3.8) is 0 Å². The van der Waals surface area contributed by atoms with Crippen molar-refractivity contribution in [3.05, 3.63) is 105 Å². The number of fused-ring (bicyclic) bond motifs is 1. The van der Waals surface area contributed by atoms with Crippen molar-refractivity contribution in [1.82, 2.24) is 9.88 Å². The topological polar surface area (TPSA) is 74.4 Å². The summed E-state index contributed by atoms with van der Waals surface area (Å²) in [6, 6.07) is 18.4. The van der Waals surface area contributed by atoms with Gasteiger partial charge in [0.1, 0.15) is 11.6 Å². The summed E-state index contributed by atoms with van der Waals surface area (Å²) in [5.41, 5.74) is 4.42. The van der Waals surface area contributed by atoms with Gasteiger partial charge in [-0.15, -0.1) is 0 Å². The molecule has 0 fully saturated rings. The van der Waals surface area contributed by atoms with Crippen molar-refractivity contribution in [2.24, 2.45) is 0 Å². The summed E-state index contributed by atoms with van der Waals surface area (Å²) in [6.45, 7) is 4.25. The summed E-state index contributed by atoms with van der Waals surface area (Å²) in [7, 11) is 1.57. The molecule has 0 radical (unpaired) electrons. The minimum absolute atomic E-state index is 0.0813. The maximum absolute atomic E-state index is 13.4. The minimum atomic E-state index is -0.380. The van der Waals surface area contributed by atoms with Crippen LogP contribution in [0.25, 0.3) is 10.9 Å². The summed E-state index contributed by atoms with van der Waals surface area (Å²) in [6.07, 6.45) is 0. The number of aryl methyl sites for hydroxylation is 2. The molecule has 4 rings (SSSR count). The second kappa shape index (κ2) is 9.79. The van der Waals surface area contributed by atoms with E-state index in [0.29, 0.717) is 17.0 Å². The first kappa shape index (κ1) is 23.0. The average molecular weight is 460 g/mol. The number of amides is 2. The largest absolute Gasteiger partial charge is 0.497 e. The zero-order valence-electron chi connectivity index (χ0n) is 19.3. The van der Waals surface area contributed by atoms with E-state index in [2.05, 4.69) is 16.4 Å². The first-order valence-corrected chi connectivity index (χ1v) is 10.9. The van der Waals surface area contributed by atoms with Gasteiger partial charge in [-0.05, 0) is 79.1 Å². The van der Waals surface area contributed by atoms with Crippen LogP contribution >= 0.6 is 0 Å². The molecule has 0 aliphatic rings. The van der Waals surface area contributed by atoms with E-state index in [1.54, 1.807) is 43.5 Å². The molecule has 0 bridgehead atoms. The third kappa shape index (κ3) is 5.26. The van der Waals surface area contributed by atoms with E-state index in [0.717, 1.165) is 27.6 Å². The number of halogens is 1. The Morgan fingerprint density at radius 1 is 1.00 bits per heavy atom. The minimum Gasteiger partial charge on any atom is -0.497 e. The molecule has 1 aromatic heterocycles. The normalized spacial score (nSPS) is 10.8. The molecule has 0 saturated carbocycles. The molecule has 0 aliphatic heterocycles. The summed E-state index contributed by atoms with van der Waals surface area (Å²) in [5.74, 6) is 0.323. The number of hydrogen-bond donors (Lipinski definition) is 2. The van der Waals surface area contributed by atoms with Crippen LogP contribution in [0.1, 0.15) is 22.3 Å². The van der Waals surface area contributed by atoms with Gasteiger partial charge in [-0.3, -0.25) is 4.79 Å². The van der Waals surface area contributed by atoms with Crippen molar-refractivity contribution in [2.75, 3.05) is 12.4 Å². The molecule has 1 heterocycles. The second-order valence-electron chi connectivity index (χ2n) is 8.31. The van der Waals surface area contributed by atoms with Crippen LogP contribution in [0.4, 0.5) is 14.9 Å². The summed E-state index contributed by atoms with van der Waals surface area (Å²) >= 11 is 0. The van der Waals surface area contributed by atoms with Gasteiger partial charge in [-0.25, -0.2) is 9.18 Å². The number of carbonyl (C=O) groups excluding carboxylic acids is 1. The molecular formula is C27H26FN3O3. The first-order valence-electron chi connectivity index (χ1n) is 10.9. The van der Waals surface area contributed by atoms with Crippen LogP contribution in [0.5, 0.6) is 5.75 Å². The number of hydrogen-bond acceptors (Lipinski definition) is 3. The Balaban J connectivity index is 1.65. The van der Waals surface area contributed by atoms with Gasteiger partial charge in [0.25, 0.3) is 5.56 Å². The maximum Gasteiger partial charge on any atom is 0.322 e. The SMILES string of the molecule is COc1ccc(NC(=O)N(Cc2ccc(F)cc2)Cc2cc3c(C)cc(C)cc3[nH]c2=O)cc1. The molecule has 4 aromatic rings. The number of H-pyrrole nitrogens is 1. The quantitative estimate of drug-likeness (QED) is 0.398. The van der Waals surface area contributed by atoms with E-state index < -0.39 is 0 Å². The number of nitrogens with one attached hydrogen (secondary N) is 2. The van der Waals surface area contributed by atoms with Gasteiger partial charge in [0.15, 0.2) is 0 Å². The maximum atomic E-state index is 13.4. The lowest BCUT2D eigenvalue weighted by Gasteiger charge is -2.23. The smallest absolute Gasteiger partial charge is 0.322 e. The Kier molecular flexibility index (Phi) is 6.63. The van der Waals surface area contributed by atoms with Crippen molar-refractivity contribution in [1.29, 1.82) is 0 Å². The third-order valence-electron chi connectivity index (χ3n) is 5.67. The van der Waals surface area contributed by atoms with Gasteiger partial charge in [-0.2, -0.15) is 0 Å². The zero-order chi connectivity index (χ0) is 24.2. The Labute approximate surface area is 197 Å². The van der Waals surface area contributed by atoms with Crippen LogP contribution in [0, 0.1) is 19.7 Å². The number of anilines is 1. The Morgan fingerprint density at radius 2 is 1.71 bits per heavy atom.